The first-order valence-corrected chi connectivity index (χ1v) is 5.48. The fourth-order valence-electron chi connectivity index (χ4n) is 2.12. The Bertz CT molecular complexity index is 344. The molecule has 1 N–H and O–H groups in total. The molecule has 1 nitrogen and oxygen atoms in total. The first-order chi connectivity index (χ1) is 6.61. The van der Waals surface area contributed by atoms with Crippen LogP contribution in [0.15, 0.2) is 18.2 Å². The summed E-state index contributed by atoms with van der Waals surface area (Å²) >= 11 is 6.20. The number of benzene rings is 1. The van der Waals surface area contributed by atoms with Gasteiger partial charge in [0.2, 0.25) is 0 Å². The van der Waals surface area contributed by atoms with Gasteiger partial charge in [0.05, 0.1) is 0 Å². The lowest BCUT2D eigenvalue weighted by molar-refractivity contribution is 0.477. The average molecular weight is 210 g/mol. The Morgan fingerprint density at radius 1 is 1.36 bits per heavy atom. The van der Waals surface area contributed by atoms with Crippen LogP contribution < -0.4 is 5.32 Å². The van der Waals surface area contributed by atoms with Gasteiger partial charge in [0.1, 0.15) is 0 Å². The summed E-state index contributed by atoms with van der Waals surface area (Å²) in [5, 5.41) is 4.31. The molecular formula is C12H16ClN. The summed E-state index contributed by atoms with van der Waals surface area (Å²) < 4.78 is 0. The van der Waals surface area contributed by atoms with Gasteiger partial charge in [-0.25, -0.2) is 0 Å². The van der Waals surface area contributed by atoms with Crippen molar-refractivity contribution < 1.29 is 0 Å². The van der Waals surface area contributed by atoms with E-state index >= 15 is 0 Å². The summed E-state index contributed by atoms with van der Waals surface area (Å²) in [5.41, 5.74) is 2.91. The van der Waals surface area contributed by atoms with Gasteiger partial charge in [-0.1, -0.05) is 37.6 Å². The highest BCUT2D eigenvalue weighted by Gasteiger charge is 2.26. The molecule has 0 radical (unpaired) electrons. The average Bonchev–Trinajstić information content (AvgIpc) is 2.27. The summed E-state index contributed by atoms with van der Waals surface area (Å²) in [6.07, 6.45) is 1.17. The molecule has 1 aliphatic rings. The van der Waals surface area contributed by atoms with E-state index in [4.69, 9.17) is 11.6 Å². The van der Waals surface area contributed by atoms with Crippen LogP contribution in [-0.4, -0.2) is 6.54 Å². The molecule has 76 valence electrons. The molecule has 0 aromatic heterocycles. The van der Waals surface area contributed by atoms with Crippen molar-refractivity contribution in [3.05, 3.63) is 34.3 Å². The molecular weight excluding hydrogens is 194 g/mol. The van der Waals surface area contributed by atoms with Crippen LogP contribution in [0.25, 0.3) is 0 Å². The van der Waals surface area contributed by atoms with Gasteiger partial charge in [-0.2, -0.15) is 0 Å². The number of nitrogens with one attached hydrogen (secondary N) is 1. The Kier molecular flexibility index (Phi) is 2.54. The van der Waals surface area contributed by atoms with E-state index in [1.165, 1.54) is 17.5 Å². The van der Waals surface area contributed by atoms with Crippen LogP contribution in [0.2, 0.25) is 5.02 Å². The van der Waals surface area contributed by atoms with E-state index in [0.717, 1.165) is 18.1 Å². The zero-order valence-corrected chi connectivity index (χ0v) is 9.49. The number of fused-ring (bicyclic) bond motifs is 1. The van der Waals surface area contributed by atoms with Crippen LogP contribution in [0.1, 0.15) is 31.4 Å². The summed E-state index contributed by atoms with van der Waals surface area (Å²) in [4.78, 5) is 0. The van der Waals surface area contributed by atoms with Crippen LogP contribution in [0.5, 0.6) is 0 Å². The predicted octanol–water partition coefficient (Wildman–Crippen LogP) is 3.11. The Morgan fingerprint density at radius 2 is 2.14 bits per heavy atom. The topological polar surface area (TPSA) is 12.0 Å². The lowest BCUT2D eigenvalue weighted by Crippen LogP contribution is -2.20. The van der Waals surface area contributed by atoms with Crippen LogP contribution in [0.3, 0.4) is 0 Å². The molecule has 14 heavy (non-hydrogen) atoms. The second-order valence-electron chi connectivity index (χ2n) is 4.58. The first-order valence-electron chi connectivity index (χ1n) is 5.10. The summed E-state index contributed by atoms with van der Waals surface area (Å²) in [5.74, 6) is 0. The zero-order valence-electron chi connectivity index (χ0n) is 8.73. The van der Waals surface area contributed by atoms with Gasteiger partial charge < -0.3 is 5.32 Å². The highest BCUT2D eigenvalue weighted by molar-refractivity contribution is 6.31. The number of halogens is 1. The monoisotopic (exact) mass is 209 g/mol. The van der Waals surface area contributed by atoms with E-state index in [0.29, 0.717) is 0 Å². The van der Waals surface area contributed by atoms with E-state index in [1.54, 1.807) is 0 Å². The molecule has 0 saturated carbocycles. The standard InChI is InChI=1S/C12H16ClN/c1-12(2)6-7-14-8-9-10(12)4-3-5-11(9)13/h3-5,14H,6-8H2,1-2H3. The zero-order chi connectivity index (χ0) is 10.2. The molecule has 1 aromatic rings. The van der Waals surface area contributed by atoms with Crippen molar-refractivity contribution in [1.29, 1.82) is 0 Å². The Hall–Kier alpha value is -0.530. The largest absolute Gasteiger partial charge is 0.313 e. The second-order valence-corrected chi connectivity index (χ2v) is 4.98. The van der Waals surface area contributed by atoms with Crippen LogP contribution in [0.4, 0.5) is 0 Å². The molecule has 1 aromatic carbocycles. The quantitative estimate of drug-likeness (QED) is 0.693. The molecule has 0 saturated heterocycles. The highest BCUT2D eigenvalue weighted by atomic mass is 35.5. The van der Waals surface area contributed by atoms with Gasteiger partial charge in [-0.15, -0.1) is 0 Å². The molecule has 0 amide bonds. The van der Waals surface area contributed by atoms with Crippen molar-refractivity contribution in [1.82, 2.24) is 5.32 Å². The maximum Gasteiger partial charge on any atom is 0.0453 e. The number of rotatable bonds is 0. The van der Waals surface area contributed by atoms with Crippen molar-refractivity contribution in [2.24, 2.45) is 0 Å². The minimum Gasteiger partial charge on any atom is -0.313 e. The summed E-state index contributed by atoms with van der Waals surface area (Å²) in [7, 11) is 0. The number of hydrogen-bond donors (Lipinski definition) is 1. The van der Waals surface area contributed by atoms with E-state index in [2.05, 4.69) is 25.2 Å². The van der Waals surface area contributed by atoms with Gasteiger partial charge in [0.25, 0.3) is 0 Å². The molecule has 0 spiro atoms. The molecule has 1 heterocycles. The minimum absolute atomic E-state index is 0.240. The molecule has 0 unspecified atom stereocenters. The second kappa shape index (κ2) is 3.56. The minimum atomic E-state index is 0.240. The molecule has 2 rings (SSSR count). The smallest absolute Gasteiger partial charge is 0.0453 e. The number of hydrogen-bond acceptors (Lipinski definition) is 1. The molecule has 0 bridgehead atoms. The normalized spacial score (nSPS) is 19.9. The van der Waals surface area contributed by atoms with E-state index in [-0.39, 0.29) is 5.41 Å². The van der Waals surface area contributed by atoms with Gasteiger partial charge in [0.15, 0.2) is 0 Å². The third-order valence-electron chi connectivity index (χ3n) is 3.08. The van der Waals surface area contributed by atoms with Crippen LogP contribution in [-0.2, 0) is 12.0 Å². The van der Waals surface area contributed by atoms with Crippen molar-refractivity contribution in [2.45, 2.75) is 32.2 Å². The SMILES string of the molecule is CC1(C)CCNCc2c(Cl)cccc21. The Balaban J connectivity index is 2.56. The fraction of sp³-hybridized carbons (Fsp3) is 0.500. The molecule has 0 aliphatic carbocycles. The molecule has 1 aliphatic heterocycles. The molecule has 0 atom stereocenters. The third kappa shape index (κ3) is 1.67. The van der Waals surface area contributed by atoms with Gasteiger partial charge in [-0.05, 0) is 35.6 Å². The maximum absolute atomic E-state index is 6.20. The first kappa shape index (κ1) is 10.0. The lowest BCUT2D eigenvalue weighted by atomic mass is 9.80. The van der Waals surface area contributed by atoms with Crippen molar-refractivity contribution in [3.63, 3.8) is 0 Å². The van der Waals surface area contributed by atoms with Gasteiger partial charge in [0, 0.05) is 11.6 Å². The predicted molar refractivity (Wildman–Crippen MR) is 60.8 cm³/mol. The van der Waals surface area contributed by atoms with Crippen molar-refractivity contribution in [3.8, 4) is 0 Å². The Morgan fingerprint density at radius 3 is 2.93 bits per heavy atom. The van der Waals surface area contributed by atoms with Gasteiger partial charge in [-0.3, -0.25) is 0 Å². The van der Waals surface area contributed by atoms with Gasteiger partial charge >= 0.3 is 0 Å². The summed E-state index contributed by atoms with van der Waals surface area (Å²) in [6, 6.07) is 6.23. The van der Waals surface area contributed by atoms with E-state index < -0.39 is 0 Å². The van der Waals surface area contributed by atoms with Crippen LogP contribution >= 0.6 is 11.6 Å². The third-order valence-corrected chi connectivity index (χ3v) is 3.43. The molecule has 0 fully saturated rings. The van der Waals surface area contributed by atoms with E-state index in [9.17, 15) is 0 Å². The van der Waals surface area contributed by atoms with E-state index in [1.807, 2.05) is 12.1 Å². The Labute approximate surface area is 90.5 Å². The fourth-order valence-corrected chi connectivity index (χ4v) is 2.36. The summed E-state index contributed by atoms with van der Waals surface area (Å²) in [6.45, 7) is 6.54. The maximum atomic E-state index is 6.20. The highest BCUT2D eigenvalue weighted by Crippen LogP contribution is 2.34. The molecule has 2 heteroatoms. The van der Waals surface area contributed by atoms with Crippen molar-refractivity contribution >= 4 is 11.6 Å². The van der Waals surface area contributed by atoms with Crippen molar-refractivity contribution in [2.75, 3.05) is 6.54 Å². The van der Waals surface area contributed by atoms with Crippen LogP contribution in [0, 0.1) is 0 Å². The lowest BCUT2D eigenvalue weighted by Gasteiger charge is -2.25.